The number of carbonyl (C=O) groups excluding carboxylic acids is 1. The van der Waals surface area contributed by atoms with Crippen molar-refractivity contribution in [3.63, 3.8) is 0 Å². The van der Waals surface area contributed by atoms with Gasteiger partial charge in [0.25, 0.3) is 5.91 Å². The van der Waals surface area contributed by atoms with Crippen molar-refractivity contribution in [1.82, 2.24) is 5.32 Å². The summed E-state index contributed by atoms with van der Waals surface area (Å²) in [5, 5.41) is 2.86. The number of benzene rings is 1. The Bertz CT molecular complexity index is 857. The second-order valence-corrected chi connectivity index (χ2v) is 7.95. The lowest BCUT2D eigenvalue weighted by atomic mass is 10.1. The van der Waals surface area contributed by atoms with E-state index in [1.165, 1.54) is 4.31 Å². The molecular weight excluding hydrogens is 328 g/mol. The van der Waals surface area contributed by atoms with Crippen molar-refractivity contribution in [2.45, 2.75) is 26.3 Å². The zero-order valence-electron chi connectivity index (χ0n) is 13.7. The summed E-state index contributed by atoms with van der Waals surface area (Å²) in [5.41, 5.74) is 0.950. The predicted octanol–water partition coefficient (Wildman–Crippen LogP) is 2.62. The molecule has 0 unspecified atom stereocenters. The molecule has 1 aliphatic rings. The van der Waals surface area contributed by atoms with Gasteiger partial charge < -0.3 is 9.73 Å². The molecule has 0 saturated carbocycles. The zero-order chi connectivity index (χ0) is 17.3. The molecule has 0 aliphatic carbocycles. The summed E-state index contributed by atoms with van der Waals surface area (Å²) in [4.78, 5) is 12.4. The Hall–Kier alpha value is -2.28. The van der Waals surface area contributed by atoms with E-state index in [-0.39, 0.29) is 17.7 Å². The summed E-state index contributed by atoms with van der Waals surface area (Å²) in [6.07, 6.45) is 0.605. The number of amides is 1. The maximum Gasteiger partial charge on any atom is 0.251 e. The van der Waals surface area contributed by atoms with Crippen LogP contribution in [0.5, 0.6) is 0 Å². The van der Waals surface area contributed by atoms with Gasteiger partial charge in [-0.2, -0.15) is 0 Å². The minimum absolute atomic E-state index is 0.151. The van der Waals surface area contributed by atoms with Gasteiger partial charge in [-0.1, -0.05) is 6.07 Å². The first-order valence-corrected chi connectivity index (χ1v) is 9.45. The van der Waals surface area contributed by atoms with Gasteiger partial charge in [0, 0.05) is 12.1 Å². The third-order valence-corrected chi connectivity index (χ3v) is 5.90. The summed E-state index contributed by atoms with van der Waals surface area (Å²) in [6, 6.07) is 10.1. The lowest BCUT2D eigenvalue weighted by Crippen LogP contribution is -2.28. The molecule has 6 nitrogen and oxygen atoms in total. The molecule has 0 spiro atoms. The molecule has 1 amide bonds. The van der Waals surface area contributed by atoms with Gasteiger partial charge >= 0.3 is 0 Å². The van der Waals surface area contributed by atoms with Gasteiger partial charge in [-0.25, -0.2) is 8.42 Å². The largest absolute Gasteiger partial charge is 0.464 e. The van der Waals surface area contributed by atoms with Crippen molar-refractivity contribution in [1.29, 1.82) is 0 Å². The number of anilines is 1. The van der Waals surface area contributed by atoms with E-state index in [4.69, 9.17) is 4.42 Å². The number of rotatable bonds is 4. The maximum absolute atomic E-state index is 12.4. The van der Waals surface area contributed by atoms with E-state index >= 15 is 0 Å². The van der Waals surface area contributed by atoms with Crippen LogP contribution in [0.1, 0.15) is 41.3 Å². The van der Waals surface area contributed by atoms with E-state index in [1.54, 1.807) is 24.3 Å². The third-order valence-electron chi connectivity index (χ3n) is 4.03. The molecule has 1 aromatic carbocycles. The van der Waals surface area contributed by atoms with Crippen molar-refractivity contribution in [3.8, 4) is 0 Å². The van der Waals surface area contributed by atoms with Crippen LogP contribution in [0.15, 0.2) is 40.8 Å². The number of nitrogens with one attached hydrogen (secondary N) is 1. The van der Waals surface area contributed by atoms with Crippen LogP contribution in [0.2, 0.25) is 0 Å². The van der Waals surface area contributed by atoms with Gasteiger partial charge in [-0.05, 0) is 50.6 Å². The van der Waals surface area contributed by atoms with Crippen LogP contribution in [-0.4, -0.2) is 26.6 Å². The second kappa shape index (κ2) is 6.32. The lowest BCUT2D eigenvalue weighted by molar-refractivity contribution is 0.0935. The Labute approximate surface area is 141 Å². The number of furan rings is 1. The highest BCUT2D eigenvalue weighted by molar-refractivity contribution is 7.93. The molecule has 1 aromatic heterocycles. The molecule has 1 saturated heterocycles. The van der Waals surface area contributed by atoms with Gasteiger partial charge in [0.2, 0.25) is 10.0 Å². The van der Waals surface area contributed by atoms with Gasteiger partial charge in [-0.15, -0.1) is 0 Å². The zero-order valence-corrected chi connectivity index (χ0v) is 14.5. The average Bonchev–Trinajstić information content (AvgIpc) is 3.12. The number of hydrogen-bond acceptors (Lipinski definition) is 4. The van der Waals surface area contributed by atoms with Crippen LogP contribution in [0.25, 0.3) is 0 Å². The Morgan fingerprint density at radius 2 is 2.08 bits per heavy atom. The monoisotopic (exact) mass is 348 g/mol. The first kappa shape index (κ1) is 16.6. The number of aryl methyl sites for hydroxylation is 1. The van der Waals surface area contributed by atoms with Crippen molar-refractivity contribution in [3.05, 3.63) is 53.5 Å². The first-order valence-electron chi connectivity index (χ1n) is 7.84. The second-order valence-electron chi connectivity index (χ2n) is 5.94. The molecule has 24 heavy (non-hydrogen) atoms. The topological polar surface area (TPSA) is 79.6 Å². The smallest absolute Gasteiger partial charge is 0.251 e. The summed E-state index contributed by atoms with van der Waals surface area (Å²) < 4.78 is 30.9. The van der Waals surface area contributed by atoms with Crippen molar-refractivity contribution >= 4 is 21.6 Å². The SMILES string of the molecule is Cc1ccc([C@@H](C)NC(=O)c2cccc(N3CCCS3(=O)=O)c2)o1. The Morgan fingerprint density at radius 3 is 2.71 bits per heavy atom. The molecular formula is C17H20N2O4S. The van der Waals surface area contributed by atoms with Crippen molar-refractivity contribution in [2.75, 3.05) is 16.6 Å². The van der Waals surface area contributed by atoms with E-state index in [0.717, 1.165) is 5.76 Å². The molecule has 0 radical (unpaired) electrons. The normalized spacial score (nSPS) is 17.7. The molecule has 1 fully saturated rings. The van der Waals surface area contributed by atoms with E-state index in [1.807, 2.05) is 26.0 Å². The number of sulfonamides is 1. The van der Waals surface area contributed by atoms with E-state index in [0.29, 0.717) is 30.0 Å². The fourth-order valence-electron chi connectivity index (χ4n) is 2.77. The molecule has 128 valence electrons. The number of carbonyl (C=O) groups is 1. The molecule has 0 bridgehead atoms. The summed E-state index contributed by atoms with van der Waals surface area (Å²) in [5.74, 6) is 1.35. The van der Waals surface area contributed by atoms with Crippen LogP contribution in [0.4, 0.5) is 5.69 Å². The molecule has 3 rings (SSSR count). The quantitative estimate of drug-likeness (QED) is 0.921. The molecule has 2 aromatic rings. The van der Waals surface area contributed by atoms with Crippen LogP contribution in [0.3, 0.4) is 0 Å². The fraction of sp³-hybridized carbons (Fsp3) is 0.353. The minimum atomic E-state index is -3.26. The Balaban J connectivity index is 1.77. The van der Waals surface area contributed by atoms with Crippen LogP contribution in [-0.2, 0) is 10.0 Å². The van der Waals surface area contributed by atoms with Crippen LogP contribution < -0.4 is 9.62 Å². The summed E-state index contributed by atoms with van der Waals surface area (Å²) in [7, 11) is -3.26. The Kier molecular flexibility index (Phi) is 4.36. The first-order chi connectivity index (χ1) is 11.4. The molecule has 2 heterocycles. The standard InChI is InChI=1S/C17H20N2O4S/c1-12-7-8-16(23-12)13(2)18-17(20)14-5-3-6-15(11-14)19-9-4-10-24(19,21)22/h3,5-8,11,13H,4,9-10H2,1-2H3,(H,18,20)/t13-/m1/s1. The highest BCUT2D eigenvalue weighted by Crippen LogP contribution is 2.25. The summed E-state index contributed by atoms with van der Waals surface area (Å²) >= 11 is 0. The van der Waals surface area contributed by atoms with Crippen LogP contribution >= 0.6 is 0 Å². The highest BCUT2D eigenvalue weighted by atomic mass is 32.2. The summed E-state index contributed by atoms with van der Waals surface area (Å²) in [6.45, 7) is 4.14. The van der Waals surface area contributed by atoms with E-state index in [2.05, 4.69) is 5.32 Å². The van der Waals surface area contributed by atoms with Crippen LogP contribution in [0, 0.1) is 6.92 Å². The molecule has 1 aliphatic heterocycles. The van der Waals surface area contributed by atoms with Crippen molar-refractivity contribution < 1.29 is 17.6 Å². The van der Waals surface area contributed by atoms with Gasteiger partial charge in [-0.3, -0.25) is 9.10 Å². The molecule has 1 N–H and O–H groups in total. The van der Waals surface area contributed by atoms with Crippen molar-refractivity contribution in [2.24, 2.45) is 0 Å². The minimum Gasteiger partial charge on any atom is -0.464 e. The van der Waals surface area contributed by atoms with Gasteiger partial charge in [0.1, 0.15) is 11.5 Å². The number of nitrogens with zero attached hydrogens (tertiary/aromatic N) is 1. The van der Waals surface area contributed by atoms with E-state index < -0.39 is 10.0 Å². The maximum atomic E-state index is 12.4. The molecule has 7 heteroatoms. The average molecular weight is 348 g/mol. The van der Waals surface area contributed by atoms with E-state index in [9.17, 15) is 13.2 Å². The highest BCUT2D eigenvalue weighted by Gasteiger charge is 2.28. The fourth-order valence-corrected chi connectivity index (χ4v) is 4.33. The van der Waals surface area contributed by atoms with Gasteiger partial charge in [0.05, 0.1) is 17.5 Å². The third kappa shape index (κ3) is 3.31. The number of hydrogen-bond donors (Lipinski definition) is 1. The van der Waals surface area contributed by atoms with Gasteiger partial charge in [0.15, 0.2) is 0 Å². The Morgan fingerprint density at radius 1 is 1.29 bits per heavy atom. The molecule has 1 atom stereocenters. The predicted molar refractivity (Wildman–Crippen MR) is 91.5 cm³/mol. The lowest BCUT2D eigenvalue weighted by Gasteiger charge is -2.18.